The number of aromatic nitrogens is 1. The van der Waals surface area contributed by atoms with Gasteiger partial charge in [0, 0.05) is 13.2 Å². The maximum Gasteiger partial charge on any atom is 0.125 e. The second-order valence-electron chi connectivity index (χ2n) is 4.18. The van der Waals surface area contributed by atoms with Gasteiger partial charge in [0.2, 0.25) is 0 Å². The maximum atomic E-state index is 5.96. The summed E-state index contributed by atoms with van der Waals surface area (Å²) in [7, 11) is 1.85. The van der Waals surface area contributed by atoms with Crippen molar-refractivity contribution in [3.8, 4) is 0 Å². The fraction of sp³-hybridized carbons (Fsp3) is 0.357. The van der Waals surface area contributed by atoms with Crippen molar-refractivity contribution in [3.05, 3.63) is 47.7 Å². The number of anilines is 1. The minimum atomic E-state index is 0.132. The van der Waals surface area contributed by atoms with Crippen LogP contribution in [0.15, 0.2) is 42.1 Å². The first-order valence-electron chi connectivity index (χ1n) is 5.99. The first-order chi connectivity index (χ1) is 8.78. The average molecular weight is 265 g/mol. The highest BCUT2D eigenvalue weighted by Gasteiger charge is 2.05. The zero-order chi connectivity index (χ0) is 12.8. The van der Waals surface area contributed by atoms with E-state index in [1.165, 1.54) is 5.57 Å². The second-order valence-corrected chi connectivity index (χ2v) is 4.74. The van der Waals surface area contributed by atoms with E-state index in [-0.39, 0.29) is 5.38 Å². The molecule has 1 aliphatic carbocycles. The average Bonchev–Trinajstić information content (AvgIpc) is 2.41. The van der Waals surface area contributed by atoms with E-state index in [4.69, 9.17) is 16.3 Å². The van der Waals surface area contributed by atoms with Gasteiger partial charge in [-0.25, -0.2) is 4.98 Å². The number of nitrogens with zero attached hydrogens (tertiary/aromatic N) is 1. The Morgan fingerprint density at radius 1 is 1.50 bits per heavy atom. The Morgan fingerprint density at radius 3 is 3.11 bits per heavy atom. The predicted octanol–water partition coefficient (Wildman–Crippen LogP) is 3.13. The smallest absolute Gasteiger partial charge is 0.125 e. The summed E-state index contributed by atoms with van der Waals surface area (Å²) in [5.41, 5.74) is 2.31. The molecule has 1 aromatic rings. The highest BCUT2D eigenvalue weighted by molar-refractivity contribution is 6.22. The van der Waals surface area contributed by atoms with Crippen LogP contribution in [0.3, 0.4) is 0 Å². The van der Waals surface area contributed by atoms with Crippen molar-refractivity contribution in [1.29, 1.82) is 0 Å². The van der Waals surface area contributed by atoms with Crippen LogP contribution < -0.4 is 5.32 Å². The number of rotatable bonds is 5. The van der Waals surface area contributed by atoms with Gasteiger partial charge in [-0.05, 0) is 29.7 Å². The summed E-state index contributed by atoms with van der Waals surface area (Å²) < 4.78 is 5.68. The lowest BCUT2D eigenvalue weighted by Gasteiger charge is -2.11. The molecule has 96 valence electrons. The van der Waals surface area contributed by atoms with E-state index in [0.29, 0.717) is 13.2 Å². The number of hydrogen-bond acceptors (Lipinski definition) is 3. The molecule has 2 rings (SSSR count). The van der Waals surface area contributed by atoms with Gasteiger partial charge in [-0.1, -0.05) is 18.2 Å². The number of nitrogens with one attached hydrogen (secondary N) is 1. The number of hydrogen-bond donors (Lipinski definition) is 1. The van der Waals surface area contributed by atoms with Crippen LogP contribution >= 0.6 is 11.6 Å². The topological polar surface area (TPSA) is 34.1 Å². The van der Waals surface area contributed by atoms with Crippen molar-refractivity contribution < 1.29 is 4.74 Å². The van der Waals surface area contributed by atoms with Gasteiger partial charge in [-0.3, -0.25) is 0 Å². The summed E-state index contributed by atoms with van der Waals surface area (Å²) in [5, 5.41) is 3.14. The first kappa shape index (κ1) is 13.1. The molecule has 0 amide bonds. The number of alkyl halides is 1. The fourth-order valence-corrected chi connectivity index (χ4v) is 1.89. The van der Waals surface area contributed by atoms with Crippen molar-refractivity contribution in [2.24, 2.45) is 0 Å². The van der Waals surface area contributed by atoms with Crippen LogP contribution in [0.5, 0.6) is 0 Å². The van der Waals surface area contributed by atoms with Crippen molar-refractivity contribution in [2.45, 2.75) is 18.4 Å². The minimum absolute atomic E-state index is 0.132. The predicted molar refractivity (Wildman–Crippen MR) is 74.9 cm³/mol. The van der Waals surface area contributed by atoms with Gasteiger partial charge in [0.15, 0.2) is 0 Å². The Balaban J connectivity index is 1.80. The van der Waals surface area contributed by atoms with Gasteiger partial charge < -0.3 is 10.1 Å². The van der Waals surface area contributed by atoms with Crippen LogP contribution in [0.1, 0.15) is 12.0 Å². The number of allylic oxidation sites excluding steroid dienone is 2. The molecule has 0 aliphatic heterocycles. The molecule has 1 unspecified atom stereocenters. The second kappa shape index (κ2) is 6.57. The van der Waals surface area contributed by atoms with Crippen LogP contribution in [0.4, 0.5) is 5.82 Å². The summed E-state index contributed by atoms with van der Waals surface area (Å²) >= 11 is 5.96. The zero-order valence-corrected chi connectivity index (χ0v) is 11.2. The third kappa shape index (κ3) is 3.86. The number of pyridine rings is 1. The third-order valence-electron chi connectivity index (χ3n) is 2.74. The van der Waals surface area contributed by atoms with Gasteiger partial charge in [0.25, 0.3) is 0 Å². The largest absolute Gasteiger partial charge is 0.373 e. The summed E-state index contributed by atoms with van der Waals surface area (Å²) in [4.78, 5) is 4.16. The van der Waals surface area contributed by atoms with E-state index in [9.17, 15) is 0 Å². The van der Waals surface area contributed by atoms with Crippen molar-refractivity contribution in [1.82, 2.24) is 4.98 Å². The molecule has 0 radical (unpaired) electrons. The quantitative estimate of drug-likeness (QED) is 0.830. The third-order valence-corrected chi connectivity index (χ3v) is 3.07. The van der Waals surface area contributed by atoms with Gasteiger partial charge in [-0.15, -0.1) is 11.6 Å². The highest BCUT2D eigenvalue weighted by atomic mass is 35.5. The molecule has 1 atom stereocenters. The van der Waals surface area contributed by atoms with Crippen LogP contribution in [-0.4, -0.2) is 24.0 Å². The minimum Gasteiger partial charge on any atom is -0.373 e. The maximum absolute atomic E-state index is 5.96. The molecule has 0 saturated carbocycles. The lowest BCUT2D eigenvalue weighted by molar-refractivity contribution is 0.144. The standard InChI is InChI=1S/C14H17ClN2O/c1-16-14-8-12(6-7-17-14)10-18-9-11-2-4-13(15)5-3-11/h2-4,6-8,13H,5,9-10H2,1H3,(H,16,17). The van der Waals surface area contributed by atoms with Crippen molar-refractivity contribution in [3.63, 3.8) is 0 Å². The Kier molecular flexibility index (Phi) is 4.79. The summed E-state index contributed by atoms with van der Waals surface area (Å²) in [6.45, 7) is 1.21. The molecule has 0 spiro atoms. The normalized spacial score (nSPS) is 18.6. The Bertz CT molecular complexity index is 457. The van der Waals surface area contributed by atoms with Crippen LogP contribution in [-0.2, 0) is 11.3 Å². The van der Waals surface area contributed by atoms with Crippen LogP contribution in [0, 0.1) is 0 Å². The molecule has 18 heavy (non-hydrogen) atoms. The number of halogens is 1. The fourth-order valence-electron chi connectivity index (χ4n) is 1.73. The van der Waals surface area contributed by atoms with E-state index in [1.54, 1.807) is 6.20 Å². The van der Waals surface area contributed by atoms with Gasteiger partial charge in [-0.2, -0.15) is 0 Å². The molecule has 0 fully saturated rings. The molecule has 1 aliphatic rings. The van der Waals surface area contributed by atoms with Crippen molar-refractivity contribution in [2.75, 3.05) is 19.0 Å². The molecule has 0 aromatic carbocycles. The molecular weight excluding hydrogens is 248 g/mol. The van der Waals surface area contributed by atoms with E-state index in [0.717, 1.165) is 17.8 Å². The van der Waals surface area contributed by atoms with Crippen LogP contribution in [0.25, 0.3) is 0 Å². The Morgan fingerprint density at radius 2 is 2.39 bits per heavy atom. The van der Waals surface area contributed by atoms with Gasteiger partial charge >= 0.3 is 0 Å². The molecular formula is C14H17ClN2O. The SMILES string of the molecule is CNc1cc(COCC2=CCC(Cl)C=C2)ccn1. The van der Waals surface area contributed by atoms with Gasteiger partial charge in [0.1, 0.15) is 5.82 Å². The summed E-state index contributed by atoms with van der Waals surface area (Å²) in [6, 6.07) is 3.95. The number of ether oxygens (including phenoxy) is 1. The monoisotopic (exact) mass is 264 g/mol. The molecule has 1 heterocycles. The van der Waals surface area contributed by atoms with Gasteiger partial charge in [0.05, 0.1) is 18.6 Å². The Hall–Kier alpha value is -1.32. The van der Waals surface area contributed by atoms with E-state index >= 15 is 0 Å². The van der Waals surface area contributed by atoms with E-state index in [2.05, 4.69) is 16.4 Å². The molecule has 4 heteroatoms. The molecule has 0 bridgehead atoms. The lowest BCUT2D eigenvalue weighted by Crippen LogP contribution is -2.03. The van der Waals surface area contributed by atoms with Crippen molar-refractivity contribution >= 4 is 17.4 Å². The summed E-state index contributed by atoms with van der Waals surface area (Å²) in [5.74, 6) is 0.859. The molecule has 0 saturated heterocycles. The molecule has 1 N–H and O–H groups in total. The Labute approximate surface area is 113 Å². The zero-order valence-electron chi connectivity index (χ0n) is 10.4. The molecule has 1 aromatic heterocycles. The highest BCUT2D eigenvalue weighted by Crippen LogP contribution is 2.16. The van der Waals surface area contributed by atoms with E-state index < -0.39 is 0 Å². The van der Waals surface area contributed by atoms with E-state index in [1.807, 2.05) is 31.3 Å². The molecule has 3 nitrogen and oxygen atoms in total. The van der Waals surface area contributed by atoms with Crippen LogP contribution in [0.2, 0.25) is 0 Å². The lowest BCUT2D eigenvalue weighted by atomic mass is 10.1. The summed E-state index contributed by atoms with van der Waals surface area (Å²) in [6.07, 6.45) is 8.83. The first-order valence-corrected chi connectivity index (χ1v) is 6.43.